The van der Waals surface area contributed by atoms with E-state index in [1.807, 2.05) is 0 Å². The van der Waals surface area contributed by atoms with Crippen LogP contribution < -0.4 is 16.6 Å². The highest BCUT2D eigenvalue weighted by Gasteiger charge is 2.28. The van der Waals surface area contributed by atoms with Crippen molar-refractivity contribution in [1.29, 1.82) is 0 Å². The zero-order valence-electron chi connectivity index (χ0n) is 14.0. The lowest BCUT2D eigenvalue weighted by Crippen LogP contribution is -2.44. The number of aromatic amines is 1. The minimum absolute atomic E-state index is 0.0986. The summed E-state index contributed by atoms with van der Waals surface area (Å²) in [6, 6.07) is 1.90. The van der Waals surface area contributed by atoms with Crippen LogP contribution in [-0.2, 0) is 11.3 Å². The molecule has 1 saturated carbocycles. The minimum atomic E-state index is -0.460. The first kappa shape index (κ1) is 17.0. The lowest BCUT2D eigenvalue weighted by molar-refractivity contribution is -0.122. The molecular weight excluding hydrogens is 326 g/mol. The van der Waals surface area contributed by atoms with E-state index in [-0.39, 0.29) is 30.5 Å². The Kier molecular flexibility index (Phi) is 4.89. The largest absolute Gasteiger partial charge is 0.353 e. The standard InChI is InChI=1S/C17H23N3O3S/c1-10-4-3-5-12(11(10)2)18-14(21)6-8-20-16(22)15-13(7-9-24-15)19-17(20)23/h7,9-12H,3-6,8H2,1-2H3,(H,18,21)(H,19,23)/t10-,11-,12-/m1/s1. The van der Waals surface area contributed by atoms with Crippen molar-refractivity contribution in [3.63, 3.8) is 0 Å². The first-order valence-corrected chi connectivity index (χ1v) is 9.35. The van der Waals surface area contributed by atoms with E-state index in [1.54, 1.807) is 11.4 Å². The maximum absolute atomic E-state index is 12.3. The van der Waals surface area contributed by atoms with Crippen molar-refractivity contribution in [1.82, 2.24) is 14.9 Å². The average Bonchev–Trinajstić information content (AvgIpc) is 3.00. The molecule has 2 aromatic rings. The van der Waals surface area contributed by atoms with Crippen LogP contribution in [0, 0.1) is 11.8 Å². The third kappa shape index (κ3) is 3.31. The van der Waals surface area contributed by atoms with Crippen molar-refractivity contribution in [2.75, 3.05) is 0 Å². The van der Waals surface area contributed by atoms with E-state index in [1.165, 1.54) is 17.8 Å². The van der Waals surface area contributed by atoms with Crippen molar-refractivity contribution in [3.05, 3.63) is 32.3 Å². The number of aromatic nitrogens is 2. The molecule has 7 heteroatoms. The number of rotatable bonds is 4. The molecule has 0 bridgehead atoms. The van der Waals surface area contributed by atoms with E-state index in [2.05, 4.69) is 24.1 Å². The summed E-state index contributed by atoms with van der Waals surface area (Å²) in [6.45, 7) is 4.50. The minimum Gasteiger partial charge on any atom is -0.353 e. The van der Waals surface area contributed by atoms with Gasteiger partial charge in [0.2, 0.25) is 5.91 Å². The molecule has 0 saturated heterocycles. The molecule has 3 rings (SSSR count). The number of nitrogens with zero attached hydrogens (tertiary/aromatic N) is 1. The Morgan fingerprint density at radius 1 is 1.38 bits per heavy atom. The fourth-order valence-electron chi connectivity index (χ4n) is 3.45. The molecular formula is C17H23N3O3S. The van der Waals surface area contributed by atoms with Crippen LogP contribution in [0.1, 0.15) is 39.5 Å². The maximum Gasteiger partial charge on any atom is 0.328 e. The first-order valence-electron chi connectivity index (χ1n) is 8.47. The fraction of sp³-hybridized carbons (Fsp3) is 0.588. The van der Waals surface area contributed by atoms with Crippen molar-refractivity contribution < 1.29 is 4.79 Å². The van der Waals surface area contributed by atoms with Crippen LogP contribution in [-0.4, -0.2) is 21.5 Å². The highest BCUT2D eigenvalue weighted by Crippen LogP contribution is 2.29. The van der Waals surface area contributed by atoms with Gasteiger partial charge in [0.1, 0.15) is 4.70 Å². The average molecular weight is 349 g/mol. The molecule has 3 atom stereocenters. The summed E-state index contributed by atoms with van der Waals surface area (Å²) in [7, 11) is 0. The Bertz CT molecular complexity index is 851. The van der Waals surface area contributed by atoms with Crippen molar-refractivity contribution in [3.8, 4) is 0 Å². The number of H-pyrrole nitrogens is 1. The molecule has 1 aliphatic carbocycles. The van der Waals surface area contributed by atoms with Gasteiger partial charge in [0.25, 0.3) is 5.56 Å². The molecule has 1 amide bonds. The van der Waals surface area contributed by atoms with Crippen LogP contribution in [0.15, 0.2) is 21.0 Å². The summed E-state index contributed by atoms with van der Waals surface area (Å²) in [5, 5.41) is 4.84. The van der Waals surface area contributed by atoms with Gasteiger partial charge < -0.3 is 10.3 Å². The van der Waals surface area contributed by atoms with Gasteiger partial charge in [0.15, 0.2) is 0 Å². The van der Waals surface area contributed by atoms with Crippen LogP contribution in [0.25, 0.3) is 10.2 Å². The second-order valence-corrected chi connectivity index (χ2v) is 7.66. The number of hydrogen-bond donors (Lipinski definition) is 2. The molecule has 24 heavy (non-hydrogen) atoms. The number of hydrogen-bond acceptors (Lipinski definition) is 4. The number of fused-ring (bicyclic) bond motifs is 1. The maximum atomic E-state index is 12.3. The normalized spacial score (nSPS) is 24.2. The third-order valence-corrected chi connectivity index (χ3v) is 6.11. The van der Waals surface area contributed by atoms with E-state index in [0.717, 1.165) is 17.4 Å². The van der Waals surface area contributed by atoms with Crippen molar-refractivity contribution in [2.45, 2.75) is 52.1 Å². The summed E-state index contributed by atoms with van der Waals surface area (Å²) in [5.41, 5.74) is -0.227. The van der Waals surface area contributed by atoms with E-state index in [4.69, 9.17) is 0 Å². The SMILES string of the molecule is C[C@@H]1[C@H](C)CCC[C@H]1NC(=O)CCn1c(=O)[nH]c2ccsc2c1=O. The predicted molar refractivity (Wildman–Crippen MR) is 95.4 cm³/mol. The topological polar surface area (TPSA) is 84.0 Å². The molecule has 0 unspecified atom stereocenters. The Morgan fingerprint density at radius 3 is 2.96 bits per heavy atom. The van der Waals surface area contributed by atoms with Crippen LogP contribution in [0.2, 0.25) is 0 Å². The zero-order valence-corrected chi connectivity index (χ0v) is 14.8. The highest BCUT2D eigenvalue weighted by molar-refractivity contribution is 7.17. The van der Waals surface area contributed by atoms with Gasteiger partial charge in [0.05, 0.1) is 5.52 Å². The number of carbonyl (C=O) groups excluding carboxylic acids is 1. The summed E-state index contributed by atoms with van der Waals surface area (Å²) in [6.07, 6.45) is 3.47. The Morgan fingerprint density at radius 2 is 2.17 bits per heavy atom. The number of carbonyl (C=O) groups is 1. The Balaban J connectivity index is 1.66. The Labute approximate surface area is 143 Å². The van der Waals surface area contributed by atoms with Gasteiger partial charge in [-0.05, 0) is 29.7 Å². The summed E-state index contributed by atoms with van der Waals surface area (Å²) in [5.74, 6) is 0.963. The quantitative estimate of drug-likeness (QED) is 0.886. The van der Waals surface area contributed by atoms with Crippen molar-refractivity contribution >= 4 is 27.5 Å². The third-order valence-electron chi connectivity index (χ3n) is 5.21. The van der Waals surface area contributed by atoms with E-state index in [9.17, 15) is 14.4 Å². The predicted octanol–water partition coefficient (Wildman–Crippen LogP) is 2.08. The lowest BCUT2D eigenvalue weighted by Gasteiger charge is -2.34. The monoisotopic (exact) mass is 349 g/mol. The second kappa shape index (κ2) is 6.93. The van der Waals surface area contributed by atoms with E-state index < -0.39 is 5.69 Å². The second-order valence-electron chi connectivity index (χ2n) is 6.74. The molecule has 2 aromatic heterocycles. The molecule has 6 nitrogen and oxygen atoms in total. The van der Waals surface area contributed by atoms with Gasteiger partial charge in [-0.25, -0.2) is 4.79 Å². The first-order chi connectivity index (χ1) is 11.5. The van der Waals surface area contributed by atoms with Crippen LogP contribution >= 0.6 is 11.3 Å². The molecule has 2 heterocycles. The number of amides is 1. The number of nitrogens with one attached hydrogen (secondary N) is 2. The van der Waals surface area contributed by atoms with Crippen LogP contribution in [0.4, 0.5) is 0 Å². The highest BCUT2D eigenvalue weighted by atomic mass is 32.1. The van der Waals surface area contributed by atoms with Gasteiger partial charge in [-0.3, -0.25) is 14.2 Å². The van der Waals surface area contributed by atoms with Gasteiger partial charge in [-0.15, -0.1) is 11.3 Å². The zero-order chi connectivity index (χ0) is 17.3. The van der Waals surface area contributed by atoms with Crippen LogP contribution in [0.3, 0.4) is 0 Å². The van der Waals surface area contributed by atoms with Gasteiger partial charge in [-0.1, -0.05) is 26.7 Å². The number of thiophene rings is 1. The van der Waals surface area contributed by atoms with Gasteiger partial charge in [-0.2, -0.15) is 0 Å². The molecule has 0 spiro atoms. The molecule has 0 radical (unpaired) electrons. The Hall–Kier alpha value is -1.89. The molecule has 0 aliphatic heterocycles. The summed E-state index contributed by atoms with van der Waals surface area (Å²) >= 11 is 1.30. The van der Waals surface area contributed by atoms with Gasteiger partial charge in [0, 0.05) is 19.0 Å². The smallest absolute Gasteiger partial charge is 0.328 e. The summed E-state index contributed by atoms with van der Waals surface area (Å²) in [4.78, 5) is 39.3. The molecule has 130 valence electrons. The van der Waals surface area contributed by atoms with Crippen LogP contribution in [0.5, 0.6) is 0 Å². The summed E-state index contributed by atoms with van der Waals surface area (Å²) < 4.78 is 1.63. The van der Waals surface area contributed by atoms with Gasteiger partial charge >= 0.3 is 5.69 Å². The van der Waals surface area contributed by atoms with E-state index >= 15 is 0 Å². The molecule has 1 aliphatic rings. The molecule has 0 aromatic carbocycles. The van der Waals surface area contributed by atoms with Crippen molar-refractivity contribution in [2.24, 2.45) is 11.8 Å². The molecule has 1 fully saturated rings. The van der Waals surface area contributed by atoms with E-state index in [0.29, 0.717) is 22.1 Å². The fourth-order valence-corrected chi connectivity index (χ4v) is 4.25. The molecule has 2 N–H and O–H groups in total. The lowest BCUT2D eigenvalue weighted by atomic mass is 9.78.